The second-order valence-electron chi connectivity index (χ2n) is 4.95. The van der Waals surface area contributed by atoms with E-state index in [1.807, 2.05) is 0 Å². The first kappa shape index (κ1) is 18.8. The lowest BCUT2D eigenvalue weighted by Crippen LogP contribution is -2.24. The standard InChI is InChI=1S/C16H15F4NO4/c1-23-6-2-5-21-16(22)12-4-3-9(25-12)8-24-15-13(19)10(17)7-11(18)14(15)20/h3-4,7H,2,5-6,8H2,1H3,(H,21,22). The lowest BCUT2D eigenvalue weighted by molar-refractivity contribution is 0.0916. The quantitative estimate of drug-likeness (QED) is 0.446. The third-order valence-electron chi connectivity index (χ3n) is 3.13. The Morgan fingerprint density at radius 3 is 2.48 bits per heavy atom. The van der Waals surface area contributed by atoms with Crippen LogP contribution in [0.15, 0.2) is 22.6 Å². The summed E-state index contributed by atoms with van der Waals surface area (Å²) in [6.07, 6.45) is 0.614. The molecule has 0 fully saturated rings. The first-order valence-electron chi connectivity index (χ1n) is 7.25. The van der Waals surface area contributed by atoms with Crippen LogP contribution >= 0.6 is 0 Å². The Balaban J connectivity index is 1.97. The summed E-state index contributed by atoms with van der Waals surface area (Å²) in [6.45, 7) is 0.338. The Morgan fingerprint density at radius 2 is 1.84 bits per heavy atom. The highest BCUT2D eigenvalue weighted by Gasteiger charge is 2.21. The Morgan fingerprint density at radius 1 is 1.16 bits per heavy atom. The summed E-state index contributed by atoms with van der Waals surface area (Å²) < 4.78 is 67.9. The number of halogens is 4. The van der Waals surface area contributed by atoms with E-state index in [-0.39, 0.29) is 17.6 Å². The second-order valence-corrected chi connectivity index (χ2v) is 4.95. The van der Waals surface area contributed by atoms with Crippen molar-refractivity contribution in [3.05, 3.63) is 53.0 Å². The van der Waals surface area contributed by atoms with Gasteiger partial charge in [0, 0.05) is 26.3 Å². The number of ether oxygens (including phenoxy) is 2. The number of furan rings is 1. The second kappa shape index (κ2) is 8.52. The summed E-state index contributed by atoms with van der Waals surface area (Å²) in [5.74, 6) is -8.14. The molecule has 0 bridgehead atoms. The van der Waals surface area contributed by atoms with E-state index in [1.165, 1.54) is 19.2 Å². The zero-order valence-corrected chi connectivity index (χ0v) is 13.2. The maximum Gasteiger partial charge on any atom is 0.286 e. The number of hydrogen-bond acceptors (Lipinski definition) is 4. The topological polar surface area (TPSA) is 60.7 Å². The fraction of sp³-hybridized carbons (Fsp3) is 0.312. The van der Waals surface area contributed by atoms with Gasteiger partial charge in [-0.15, -0.1) is 0 Å². The minimum absolute atomic E-state index is 0.0395. The SMILES string of the molecule is COCCCNC(=O)c1ccc(COc2c(F)c(F)cc(F)c2F)o1. The van der Waals surface area contributed by atoms with Gasteiger partial charge in [-0.05, 0) is 18.6 Å². The Hall–Kier alpha value is -2.55. The average Bonchev–Trinajstić information content (AvgIpc) is 3.06. The van der Waals surface area contributed by atoms with Gasteiger partial charge < -0.3 is 19.2 Å². The van der Waals surface area contributed by atoms with Crippen molar-refractivity contribution in [2.45, 2.75) is 13.0 Å². The molecule has 0 spiro atoms. The van der Waals surface area contributed by atoms with Crippen LogP contribution < -0.4 is 10.1 Å². The number of carbonyl (C=O) groups excluding carboxylic acids is 1. The van der Waals surface area contributed by atoms with Crippen molar-refractivity contribution in [3.63, 3.8) is 0 Å². The van der Waals surface area contributed by atoms with Gasteiger partial charge in [-0.2, -0.15) is 8.78 Å². The highest BCUT2D eigenvalue weighted by Crippen LogP contribution is 2.27. The van der Waals surface area contributed by atoms with Crippen molar-refractivity contribution >= 4 is 5.91 Å². The van der Waals surface area contributed by atoms with Crippen molar-refractivity contribution in [2.24, 2.45) is 0 Å². The molecule has 1 aromatic carbocycles. The van der Waals surface area contributed by atoms with Gasteiger partial charge in [0.15, 0.2) is 23.1 Å². The number of rotatable bonds is 8. The largest absolute Gasteiger partial charge is 0.479 e. The lowest BCUT2D eigenvalue weighted by Gasteiger charge is -2.08. The van der Waals surface area contributed by atoms with E-state index in [0.717, 1.165) is 0 Å². The number of carbonyl (C=O) groups is 1. The van der Waals surface area contributed by atoms with Gasteiger partial charge in [0.2, 0.25) is 11.6 Å². The summed E-state index contributed by atoms with van der Waals surface area (Å²) in [6, 6.07) is 2.76. The normalized spacial score (nSPS) is 10.8. The van der Waals surface area contributed by atoms with Crippen LogP contribution in [-0.4, -0.2) is 26.2 Å². The van der Waals surface area contributed by atoms with Crippen LogP contribution in [0.25, 0.3) is 0 Å². The van der Waals surface area contributed by atoms with Crippen molar-refractivity contribution in [1.82, 2.24) is 5.32 Å². The van der Waals surface area contributed by atoms with E-state index >= 15 is 0 Å². The molecule has 2 aromatic rings. The molecular weight excluding hydrogens is 346 g/mol. The summed E-state index contributed by atoms with van der Waals surface area (Å²) in [4.78, 5) is 11.8. The van der Waals surface area contributed by atoms with Crippen LogP contribution in [0.3, 0.4) is 0 Å². The predicted molar refractivity (Wildman–Crippen MR) is 78.1 cm³/mol. The molecule has 0 radical (unpaired) electrons. The molecule has 9 heteroatoms. The van der Waals surface area contributed by atoms with Crippen LogP contribution in [0.4, 0.5) is 17.6 Å². The molecule has 0 saturated carbocycles. The smallest absolute Gasteiger partial charge is 0.286 e. The number of amides is 1. The predicted octanol–water partition coefficient (Wildman–Crippen LogP) is 3.18. The Labute approximate surface area is 140 Å². The zero-order valence-electron chi connectivity index (χ0n) is 13.2. The van der Waals surface area contributed by atoms with Gasteiger partial charge >= 0.3 is 0 Å². The van der Waals surface area contributed by atoms with Crippen molar-refractivity contribution < 1.29 is 36.2 Å². The maximum atomic E-state index is 13.5. The van der Waals surface area contributed by atoms with Gasteiger partial charge in [-0.1, -0.05) is 0 Å². The summed E-state index contributed by atoms with van der Waals surface area (Å²) in [5.41, 5.74) is 0. The first-order valence-corrected chi connectivity index (χ1v) is 7.25. The molecule has 136 valence electrons. The maximum absolute atomic E-state index is 13.5. The van der Waals surface area contributed by atoms with E-state index in [4.69, 9.17) is 13.9 Å². The minimum Gasteiger partial charge on any atom is -0.479 e. The van der Waals surface area contributed by atoms with Crippen molar-refractivity contribution in [3.8, 4) is 5.75 Å². The van der Waals surface area contributed by atoms with Gasteiger partial charge in [0.05, 0.1) is 0 Å². The molecule has 5 nitrogen and oxygen atoms in total. The van der Waals surface area contributed by atoms with Crippen molar-refractivity contribution in [1.29, 1.82) is 0 Å². The molecule has 0 aliphatic heterocycles. The molecule has 1 N–H and O–H groups in total. The molecule has 2 rings (SSSR count). The van der Waals surface area contributed by atoms with E-state index < -0.39 is 41.5 Å². The number of methoxy groups -OCH3 is 1. The third kappa shape index (κ3) is 4.72. The van der Waals surface area contributed by atoms with Crippen LogP contribution in [0, 0.1) is 23.3 Å². The minimum atomic E-state index is -1.65. The molecule has 0 saturated heterocycles. The van der Waals surface area contributed by atoms with Crippen LogP contribution in [0.5, 0.6) is 5.75 Å². The molecule has 1 amide bonds. The van der Waals surface area contributed by atoms with E-state index in [1.54, 1.807) is 0 Å². The summed E-state index contributed by atoms with van der Waals surface area (Å²) in [5, 5.41) is 2.58. The molecule has 0 aliphatic carbocycles. The highest BCUT2D eigenvalue weighted by molar-refractivity contribution is 5.91. The summed E-state index contributed by atoms with van der Waals surface area (Å²) in [7, 11) is 1.54. The first-order chi connectivity index (χ1) is 11.9. The molecule has 0 atom stereocenters. The van der Waals surface area contributed by atoms with Gasteiger partial charge in [-0.25, -0.2) is 8.78 Å². The van der Waals surface area contributed by atoms with Gasteiger partial charge in [0.1, 0.15) is 12.4 Å². The monoisotopic (exact) mass is 361 g/mol. The van der Waals surface area contributed by atoms with Gasteiger partial charge in [-0.3, -0.25) is 4.79 Å². The molecule has 25 heavy (non-hydrogen) atoms. The van der Waals surface area contributed by atoms with Gasteiger partial charge in [0.25, 0.3) is 5.91 Å². The Kier molecular flexibility index (Phi) is 6.40. The fourth-order valence-corrected chi connectivity index (χ4v) is 1.90. The van der Waals surface area contributed by atoms with E-state index in [0.29, 0.717) is 19.6 Å². The Bertz CT molecular complexity index is 722. The number of benzene rings is 1. The molecule has 1 aromatic heterocycles. The molecule has 0 aliphatic rings. The lowest BCUT2D eigenvalue weighted by atomic mass is 10.3. The van der Waals surface area contributed by atoms with Crippen molar-refractivity contribution in [2.75, 3.05) is 20.3 Å². The third-order valence-corrected chi connectivity index (χ3v) is 3.13. The highest BCUT2D eigenvalue weighted by atomic mass is 19.2. The summed E-state index contributed by atoms with van der Waals surface area (Å²) >= 11 is 0. The number of hydrogen-bond donors (Lipinski definition) is 1. The molecule has 0 unspecified atom stereocenters. The van der Waals surface area contributed by atoms with Crippen LogP contribution in [0.2, 0.25) is 0 Å². The van der Waals surface area contributed by atoms with Crippen LogP contribution in [0.1, 0.15) is 22.7 Å². The fourth-order valence-electron chi connectivity index (χ4n) is 1.90. The molecular formula is C16H15F4NO4. The average molecular weight is 361 g/mol. The number of nitrogens with one attached hydrogen (secondary N) is 1. The zero-order chi connectivity index (χ0) is 18.4. The molecule has 1 heterocycles. The van der Waals surface area contributed by atoms with E-state index in [9.17, 15) is 22.4 Å². The van der Waals surface area contributed by atoms with Crippen LogP contribution in [-0.2, 0) is 11.3 Å². The van der Waals surface area contributed by atoms with E-state index in [2.05, 4.69) is 5.32 Å².